The van der Waals surface area contributed by atoms with Gasteiger partial charge in [-0.1, -0.05) is 0 Å². The summed E-state index contributed by atoms with van der Waals surface area (Å²) in [5, 5.41) is 2.88. The molecule has 3 heterocycles. The van der Waals surface area contributed by atoms with Gasteiger partial charge in [0.05, 0.1) is 18.3 Å². The molecule has 2 unspecified atom stereocenters. The highest BCUT2D eigenvalue weighted by molar-refractivity contribution is 5.98. The Balaban J connectivity index is 1.52. The second kappa shape index (κ2) is 5.76. The molecule has 0 spiro atoms. The predicted molar refractivity (Wildman–Crippen MR) is 75.3 cm³/mol. The molecule has 20 heavy (non-hydrogen) atoms. The van der Waals surface area contributed by atoms with Crippen LogP contribution in [0, 0.1) is 0 Å². The minimum Gasteiger partial charge on any atom is -0.383 e. The number of carbonyl (C=O) groups is 1. The van der Waals surface area contributed by atoms with Crippen molar-refractivity contribution in [3.8, 4) is 0 Å². The van der Waals surface area contributed by atoms with Crippen LogP contribution in [0.15, 0.2) is 18.3 Å². The molecule has 0 aromatic carbocycles. The molecule has 6 heteroatoms. The van der Waals surface area contributed by atoms with E-state index in [1.54, 1.807) is 18.3 Å². The van der Waals surface area contributed by atoms with Crippen molar-refractivity contribution in [1.82, 2.24) is 15.2 Å². The second-order valence-corrected chi connectivity index (χ2v) is 5.39. The minimum absolute atomic E-state index is 0.0613. The molecule has 0 bridgehead atoms. The van der Waals surface area contributed by atoms with E-state index in [1.807, 2.05) is 0 Å². The van der Waals surface area contributed by atoms with Crippen LogP contribution >= 0.6 is 0 Å². The van der Waals surface area contributed by atoms with Gasteiger partial charge < -0.3 is 15.8 Å². The maximum atomic E-state index is 12.0. The van der Waals surface area contributed by atoms with E-state index in [0.717, 1.165) is 19.7 Å². The number of carbonyl (C=O) groups excluding carboxylic acids is 1. The molecule has 0 saturated carbocycles. The smallest absolute Gasteiger partial charge is 0.255 e. The van der Waals surface area contributed by atoms with Crippen molar-refractivity contribution in [3.05, 3.63) is 23.9 Å². The fourth-order valence-corrected chi connectivity index (χ4v) is 2.92. The van der Waals surface area contributed by atoms with Crippen LogP contribution in [0.4, 0.5) is 5.82 Å². The van der Waals surface area contributed by atoms with Crippen molar-refractivity contribution < 1.29 is 9.53 Å². The number of nitrogens with one attached hydrogen (secondary N) is 1. The number of fused-ring (bicyclic) bond motifs is 1. The van der Waals surface area contributed by atoms with Gasteiger partial charge in [-0.25, -0.2) is 4.98 Å². The molecule has 2 saturated heterocycles. The summed E-state index contributed by atoms with van der Waals surface area (Å²) >= 11 is 0. The van der Waals surface area contributed by atoms with Gasteiger partial charge in [-0.05, 0) is 31.5 Å². The summed E-state index contributed by atoms with van der Waals surface area (Å²) in [6.45, 7) is 3.33. The van der Waals surface area contributed by atoms with E-state index in [1.165, 1.54) is 12.8 Å². The first kappa shape index (κ1) is 13.3. The molecule has 1 aromatic rings. The SMILES string of the molecule is Nc1ncccc1C(=O)NCC1CN2CCCC2CO1. The van der Waals surface area contributed by atoms with Gasteiger partial charge in [-0.3, -0.25) is 9.69 Å². The van der Waals surface area contributed by atoms with Crippen molar-refractivity contribution >= 4 is 11.7 Å². The average Bonchev–Trinajstić information content (AvgIpc) is 2.92. The van der Waals surface area contributed by atoms with Crippen molar-refractivity contribution in [2.75, 3.05) is 32.0 Å². The van der Waals surface area contributed by atoms with Crippen molar-refractivity contribution in [3.63, 3.8) is 0 Å². The average molecular weight is 276 g/mol. The molecule has 0 aliphatic carbocycles. The topological polar surface area (TPSA) is 80.5 Å². The minimum atomic E-state index is -0.192. The summed E-state index contributed by atoms with van der Waals surface area (Å²) in [7, 11) is 0. The standard InChI is InChI=1S/C14H20N4O2/c15-13-12(4-1-5-16-13)14(19)17-7-11-8-18-6-2-3-10(18)9-20-11/h1,4-5,10-11H,2-3,6-9H2,(H2,15,16)(H,17,19). The number of hydrogen-bond acceptors (Lipinski definition) is 5. The van der Waals surface area contributed by atoms with E-state index in [-0.39, 0.29) is 17.8 Å². The summed E-state index contributed by atoms with van der Waals surface area (Å²) < 4.78 is 5.81. The second-order valence-electron chi connectivity index (χ2n) is 5.39. The molecule has 0 radical (unpaired) electrons. The van der Waals surface area contributed by atoms with Gasteiger partial charge in [0.1, 0.15) is 5.82 Å². The number of anilines is 1. The van der Waals surface area contributed by atoms with E-state index in [9.17, 15) is 4.79 Å². The van der Waals surface area contributed by atoms with Gasteiger partial charge in [0.25, 0.3) is 5.91 Å². The van der Waals surface area contributed by atoms with Crippen LogP contribution in [0.5, 0.6) is 0 Å². The zero-order valence-corrected chi connectivity index (χ0v) is 11.4. The molecule has 108 valence electrons. The normalized spacial score (nSPS) is 26.2. The molecular weight excluding hydrogens is 256 g/mol. The molecule has 1 amide bonds. The Hall–Kier alpha value is -1.66. The Morgan fingerprint density at radius 3 is 3.35 bits per heavy atom. The van der Waals surface area contributed by atoms with Gasteiger partial charge in [0.15, 0.2) is 0 Å². The van der Waals surface area contributed by atoms with Crippen molar-refractivity contribution in [1.29, 1.82) is 0 Å². The number of nitrogens with two attached hydrogens (primary N) is 1. The van der Waals surface area contributed by atoms with E-state index >= 15 is 0 Å². The number of ether oxygens (including phenoxy) is 1. The Bertz CT molecular complexity index is 494. The number of amides is 1. The highest BCUT2D eigenvalue weighted by atomic mass is 16.5. The van der Waals surface area contributed by atoms with Gasteiger partial charge >= 0.3 is 0 Å². The fraction of sp³-hybridized carbons (Fsp3) is 0.571. The Morgan fingerprint density at radius 1 is 1.60 bits per heavy atom. The van der Waals surface area contributed by atoms with E-state index in [2.05, 4.69) is 15.2 Å². The first-order valence-electron chi connectivity index (χ1n) is 7.08. The van der Waals surface area contributed by atoms with E-state index in [4.69, 9.17) is 10.5 Å². The molecule has 3 rings (SSSR count). The highest BCUT2D eigenvalue weighted by Crippen LogP contribution is 2.22. The molecule has 2 aliphatic rings. The quantitative estimate of drug-likeness (QED) is 0.827. The Kier molecular flexibility index (Phi) is 3.84. The number of pyridine rings is 1. The lowest BCUT2D eigenvalue weighted by molar-refractivity contribution is -0.0461. The van der Waals surface area contributed by atoms with Gasteiger partial charge in [0, 0.05) is 25.3 Å². The summed E-state index contributed by atoms with van der Waals surface area (Å²) in [5.74, 6) is 0.0666. The van der Waals surface area contributed by atoms with Crippen LogP contribution in [0.3, 0.4) is 0 Å². The number of rotatable bonds is 3. The molecule has 2 aliphatic heterocycles. The van der Waals surface area contributed by atoms with E-state index in [0.29, 0.717) is 18.2 Å². The summed E-state index contributed by atoms with van der Waals surface area (Å²) in [4.78, 5) is 18.4. The van der Waals surface area contributed by atoms with Crippen LogP contribution in [-0.4, -0.2) is 54.2 Å². The van der Waals surface area contributed by atoms with Crippen LogP contribution in [-0.2, 0) is 4.74 Å². The summed E-state index contributed by atoms with van der Waals surface area (Å²) in [6, 6.07) is 3.96. The first-order valence-corrected chi connectivity index (χ1v) is 7.08. The third-order valence-corrected chi connectivity index (χ3v) is 4.03. The lowest BCUT2D eigenvalue weighted by Crippen LogP contribution is -2.50. The van der Waals surface area contributed by atoms with Crippen LogP contribution in [0.1, 0.15) is 23.2 Å². The third-order valence-electron chi connectivity index (χ3n) is 4.03. The molecule has 2 fully saturated rings. The maximum absolute atomic E-state index is 12.0. The number of morpholine rings is 1. The Morgan fingerprint density at radius 2 is 2.50 bits per heavy atom. The number of hydrogen-bond donors (Lipinski definition) is 2. The van der Waals surface area contributed by atoms with Crippen LogP contribution < -0.4 is 11.1 Å². The third kappa shape index (κ3) is 2.76. The fourth-order valence-electron chi connectivity index (χ4n) is 2.92. The van der Waals surface area contributed by atoms with Gasteiger partial charge in [0.2, 0.25) is 0 Å². The largest absolute Gasteiger partial charge is 0.383 e. The zero-order chi connectivity index (χ0) is 13.9. The number of aromatic nitrogens is 1. The lowest BCUT2D eigenvalue weighted by Gasteiger charge is -2.35. The zero-order valence-electron chi connectivity index (χ0n) is 11.4. The molecule has 3 N–H and O–H groups in total. The Labute approximate surface area is 118 Å². The molecule has 6 nitrogen and oxygen atoms in total. The predicted octanol–water partition coefficient (Wildman–Crippen LogP) is 0.257. The van der Waals surface area contributed by atoms with Gasteiger partial charge in [-0.15, -0.1) is 0 Å². The lowest BCUT2D eigenvalue weighted by atomic mass is 10.2. The number of nitrogen functional groups attached to an aromatic ring is 1. The molecule has 2 atom stereocenters. The van der Waals surface area contributed by atoms with Crippen LogP contribution in [0.2, 0.25) is 0 Å². The highest BCUT2D eigenvalue weighted by Gasteiger charge is 2.32. The summed E-state index contributed by atoms with van der Waals surface area (Å²) in [5.41, 5.74) is 6.11. The number of nitrogens with zero attached hydrogens (tertiary/aromatic N) is 2. The first-order chi connectivity index (χ1) is 9.74. The van der Waals surface area contributed by atoms with Gasteiger partial charge in [-0.2, -0.15) is 0 Å². The van der Waals surface area contributed by atoms with Crippen molar-refractivity contribution in [2.45, 2.75) is 25.0 Å². The molecular formula is C14H20N4O2. The van der Waals surface area contributed by atoms with Crippen LogP contribution in [0.25, 0.3) is 0 Å². The molecule has 1 aromatic heterocycles. The van der Waals surface area contributed by atoms with E-state index < -0.39 is 0 Å². The summed E-state index contributed by atoms with van der Waals surface area (Å²) in [6.07, 6.45) is 4.11. The van der Waals surface area contributed by atoms with Crippen molar-refractivity contribution in [2.24, 2.45) is 0 Å². The monoisotopic (exact) mass is 276 g/mol. The maximum Gasteiger partial charge on any atom is 0.255 e.